The summed E-state index contributed by atoms with van der Waals surface area (Å²) in [5, 5.41) is 9.18. The predicted molar refractivity (Wildman–Crippen MR) is 170 cm³/mol. The largest absolute Gasteiger partial charge is 0.456 e. The fraction of sp³-hybridized carbons (Fsp3) is 0. The molecule has 2 aromatic heterocycles. The molecule has 0 aliphatic heterocycles. The van der Waals surface area contributed by atoms with Crippen molar-refractivity contribution in [1.82, 2.24) is 9.97 Å². The second-order valence-electron chi connectivity index (χ2n) is 10.6. The van der Waals surface area contributed by atoms with Crippen LogP contribution in [-0.2, 0) is 0 Å². The van der Waals surface area contributed by atoms with E-state index in [9.17, 15) is 0 Å². The molecule has 0 bridgehead atoms. The molecule has 0 amide bonds. The van der Waals surface area contributed by atoms with E-state index in [2.05, 4.69) is 121 Å². The van der Waals surface area contributed by atoms with Crippen LogP contribution in [0.5, 0.6) is 0 Å². The molecule has 2 heterocycles. The van der Waals surface area contributed by atoms with Crippen molar-refractivity contribution < 1.29 is 4.42 Å². The second-order valence-corrected chi connectivity index (χ2v) is 10.6. The number of aromatic nitrogens is 2. The van der Waals surface area contributed by atoms with Gasteiger partial charge in [0.25, 0.3) is 0 Å². The summed E-state index contributed by atoms with van der Waals surface area (Å²) in [7, 11) is 0. The molecule has 0 aliphatic rings. The van der Waals surface area contributed by atoms with Crippen molar-refractivity contribution >= 4 is 65.3 Å². The van der Waals surface area contributed by atoms with Gasteiger partial charge in [-0.3, -0.25) is 0 Å². The molecule has 9 aromatic rings. The first-order valence-electron chi connectivity index (χ1n) is 13.8. The van der Waals surface area contributed by atoms with Gasteiger partial charge in [-0.25, -0.2) is 9.97 Å². The lowest BCUT2D eigenvalue weighted by Crippen LogP contribution is -1.97. The van der Waals surface area contributed by atoms with Crippen LogP contribution >= 0.6 is 0 Å². The van der Waals surface area contributed by atoms with E-state index in [1.165, 1.54) is 10.8 Å². The highest BCUT2D eigenvalue weighted by atomic mass is 16.3. The maximum Gasteiger partial charge on any atom is 0.136 e. The van der Waals surface area contributed by atoms with Gasteiger partial charge in [0, 0.05) is 27.3 Å². The molecule has 0 atom stereocenters. The van der Waals surface area contributed by atoms with Crippen LogP contribution in [0.2, 0.25) is 0 Å². The summed E-state index contributed by atoms with van der Waals surface area (Å²) in [6.07, 6.45) is 0. The quantitative estimate of drug-likeness (QED) is 0.212. The summed E-state index contributed by atoms with van der Waals surface area (Å²) >= 11 is 0. The summed E-state index contributed by atoms with van der Waals surface area (Å²) in [5.41, 5.74) is 7.45. The summed E-state index contributed by atoms with van der Waals surface area (Å²) in [6.45, 7) is 0. The summed E-state index contributed by atoms with van der Waals surface area (Å²) in [6, 6.07) is 46.6. The van der Waals surface area contributed by atoms with Crippen molar-refractivity contribution in [1.29, 1.82) is 0 Å². The minimum absolute atomic E-state index is 0.876. The van der Waals surface area contributed by atoms with Crippen molar-refractivity contribution in [2.24, 2.45) is 0 Å². The minimum Gasteiger partial charge on any atom is -0.456 e. The van der Waals surface area contributed by atoms with Gasteiger partial charge >= 0.3 is 0 Å². The van der Waals surface area contributed by atoms with Crippen molar-refractivity contribution in [2.45, 2.75) is 0 Å². The highest BCUT2D eigenvalue weighted by Gasteiger charge is 2.19. The van der Waals surface area contributed by atoms with Crippen LogP contribution < -0.4 is 0 Å². The molecular formula is C38H22N2O. The lowest BCUT2D eigenvalue weighted by molar-refractivity contribution is 0.669. The molecule has 0 radical (unpaired) electrons. The van der Waals surface area contributed by atoms with Crippen LogP contribution in [0.1, 0.15) is 0 Å². The van der Waals surface area contributed by atoms with Crippen LogP contribution in [-0.4, -0.2) is 9.97 Å². The van der Waals surface area contributed by atoms with E-state index >= 15 is 0 Å². The molecule has 41 heavy (non-hydrogen) atoms. The standard InChI is InChI=1S/C38H22N2O/c1-2-10-25-22-26(17-16-23(25)8-1)36-38(39-32-20-18-24-9-3-4-11-27(24)37(32)40-36)30-14-7-13-29-28(30)19-21-34-35(29)31-12-5-6-15-33(31)41-34/h1-22H. The maximum atomic E-state index is 6.21. The van der Waals surface area contributed by atoms with Gasteiger partial charge in [-0.2, -0.15) is 0 Å². The lowest BCUT2D eigenvalue weighted by atomic mass is 9.95. The Labute approximate surface area is 235 Å². The average molecular weight is 523 g/mol. The van der Waals surface area contributed by atoms with Crippen molar-refractivity contribution in [3.63, 3.8) is 0 Å². The van der Waals surface area contributed by atoms with Gasteiger partial charge in [0.2, 0.25) is 0 Å². The lowest BCUT2D eigenvalue weighted by Gasteiger charge is -2.14. The molecule has 0 spiro atoms. The Balaban J connectivity index is 1.40. The van der Waals surface area contributed by atoms with Gasteiger partial charge in [-0.05, 0) is 57.3 Å². The highest BCUT2D eigenvalue weighted by Crippen LogP contribution is 2.41. The number of hydrogen-bond acceptors (Lipinski definition) is 3. The molecule has 7 aromatic carbocycles. The van der Waals surface area contributed by atoms with Gasteiger partial charge in [-0.15, -0.1) is 0 Å². The number of furan rings is 1. The minimum atomic E-state index is 0.876. The first-order chi connectivity index (χ1) is 20.3. The van der Waals surface area contributed by atoms with Crippen LogP contribution in [0.4, 0.5) is 0 Å². The Kier molecular flexibility index (Phi) is 4.61. The van der Waals surface area contributed by atoms with Gasteiger partial charge in [-0.1, -0.05) is 103 Å². The molecule has 3 nitrogen and oxygen atoms in total. The third-order valence-corrected chi connectivity index (χ3v) is 8.24. The Morgan fingerprint density at radius 1 is 0.439 bits per heavy atom. The Hall–Kier alpha value is -5.54. The summed E-state index contributed by atoms with van der Waals surface area (Å²) in [5.74, 6) is 0. The molecule has 0 aliphatic carbocycles. The number of nitrogens with zero attached hydrogens (tertiary/aromatic N) is 2. The molecule has 0 saturated carbocycles. The number of benzene rings is 7. The van der Waals surface area contributed by atoms with Crippen molar-refractivity contribution in [2.75, 3.05) is 0 Å². The van der Waals surface area contributed by atoms with Crippen LogP contribution in [0.3, 0.4) is 0 Å². The van der Waals surface area contributed by atoms with Crippen LogP contribution in [0.15, 0.2) is 138 Å². The Bertz CT molecular complexity index is 2490. The molecule has 0 N–H and O–H groups in total. The van der Waals surface area contributed by atoms with Gasteiger partial charge < -0.3 is 4.42 Å². The summed E-state index contributed by atoms with van der Waals surface area (Å²) in [4.78, 5) is 10.7. The number of rotatable bonds is 2. The van der Waals surface area contributed by atoms with Crippen LogP contribution in [0, 0.1) is 0 Å². The molecule has 3 heteroatoms. The first-order valence-corrected chi connectivity index (χ1v) is 13.8. The Morgan fingerprint density at radius 3 is 2.12 bits per heavy atom. The van der Waals surface area contributed by atoms with E-state index in [0.717, 1.165) is 77.0 Å². The fourth-order valence-electron chi connectivity index (χ4n) is 6.30. The molecule has 0 fully saturated rings. The topological polar surface area (TPSA) is 38.9 Å². The number of fused-ring (bicyclic) bond motifs is 9. The molecule has 0 saturated heterocycles. The highest BCUT2D eigenvalue weighted by molar-refractivity contribution is 6.21. The van der Waals surface area contributed by atoms with E-state index in [-0.39, 0.29) is 0 Å². The maximum absolute atomic E-state index is 6.21. The molecule has 190 valence electrons. The van der Waals surface area contributed by atoms with E-state index < -0.39 is 0 Å². The van der Waals surface area contributed by atoms with Crippen molar-refractivity contribution in [3.8, 4) is 22.5 Å². The molecule has 9 rings (SSSR count). The fourth-order valence-corrected chi connectivity index (χ4v) is 6.30. The van der Waals surface area contributed by atoms with Gasteiger partial charge in [0.05, 0.1) is 22.4 Å². The third-order valence-electron chi connectivity index (χ3n) is 8.24. The van der Waals surface area contributed by atoms with E-state index in [4.69, 9.17) is 14.4 Å². The van der Waals surface area contributed by atoms with Crippen molar-refractivity contribution in [3.05, 3.63) is 133 Å². The number of para-hydroxylation sites is 1. The van der Waals surface area contributed by atoms with Crippen LogP contribution in [0.25, 0.3) is 87.8 Å². The zero-order chi connectivity index (χ0) is 26.9. The normalized spacial score (nSPS) is 11.9. The molecular weight excluding hydrogens is 500 g/mol. The zero-order valence-corrected chi connectivity index (χ0v) is 22.0. The first kappa shape index (κ1) is 22.3. The predicted octanol–water partition coefficient (Wildman–Crippen LogP) is 10.3. The van der Waals surface area contributed by atoms with Gasteiger partial charge in [0.15, 0.2) is 0 Å². The Morgan fingerprint density at radius 2 is 1.20 bits per heavy atom. The molecule has 0 unspecified atom stereocenters. The number of hydrogen-bond donors (Lipinski definition) is 0. The zero-order valence-electron chi connectivity index (χ0n) is 22.0. The third kappa shape index (κ3) is 3.33. The average Bonchev–Trinajstić information content (AvgIpc) is 3.43. The van der Waals surface area contributed by atoms with E-state index in [1.54, 1.807) is 0 Å². The SMILES string of the molecule is c1ccc2cc(-c3nc4c(ccc5ccccc54)nc3-c3cccc4c3ccc3oc5ccccc5c34)ccc2c1. The van der Waals surface area contributed by atoms with E-state index in [1.807, 2.05) is 12.1 Å². The smallest absolute Gasteiger partial charge is 0.136 e. The van der Waals surface area contributed by atoms with Gasteiger partial charge in [0.1, 0.15) is 11.2 Å². The second kappa shape index (κ2) is 8.48. The summed E-state index contributed by atoms with van der Waals surface area (Å²) < 4.78 is 6.21. The van der Waals surface area contributed by atoms with E-state index in [0.29, 0.717) is 0 Å². The monoisotopic (exact) mass is 522 g/mol.